The summed E-state index contributed by atoms with van der Waals surface area (Å²) in [7, 11) is 1.69. The van der Waals surface area contributed by atoms with E-state index in [1.807, 2.05) is 26.0 Å². The van der Waals surface area contributed by atoms with Gasteiger partial charge in [0, 0.05) is 10.1 Å². The second-order valence-corrected chi connectivity index (χ2v) is 5.84. The first-order valence-corrected chi connectivity index (χ1v) is 6.73. The van der Waals surface area contributed by atoms with Gasteiger partial charge in [0.25, 0.3) is 0 Å². The molecule has 2 rings (SSSR count). The molecule has 1 aromatic carbocycles. The van der Waals surface area contributed by atoms with E-state index in [9.17, 15) is 9.90 Å². The normalized spacial score (nSPS) is 13.7. The lowest BCUT2D eigenvalue weighted by Crippen LogP contribution is -2.48. The minimum Gasteiger partial charge on any atom is -0.480 e. The number of fused-ring (bicyclic) bond motifs is 1. The van der Waals surface area contributed by atoms with Crippen LogP contribution in [0.4, 0.5) is 0 Å². The Morgan fingerprint density at radius 2 is 2.06 bits per heavy atom. The average molecular weight is 263 g/mol. The second-order valence-electron chi connectivity index (χ2n) is 4.93. The maximum absolute atomic E-state index is 11.3. The van der Waals surface area contributed by atoms with Gasteiger partial charge in [-0.3, -0.25) is 4.79 Å². The van der Waals surface area contributed by atoms with Gasteiger partial charge in [-0.2, -0.15) is 0 Å². The van der Waals surface area contributed by atoms with Crippen molar-refractivity contribution >= 4 is 27.4 Å². The first-order valence-electron chi connectivity index (χ1n) is 5.85. The Morgan fingerprint density at radius 3 is 2.67 bits per heavy atom. The zero-order valence-corrected chi connectivity index (χ0v) is 11.5. The van der Waals surface area contributed by atoms with E-state index in [1.165, 1.54) is 4.70 Å². The number of aliphatic carboxylic acids is 1. The number of thiophene rings is 1. The molecule has 0 saturated heterocycles. The van der Waals surface area contributed by atoms with Crippen molar-refractivity contribution in [2.24, 2.45) is 0 Å². The lowest BCUT2D eigenvalue weighted by molar-refractivity contribution is -0.141. The predicted molar refractivity (Wildman–Crippen MR) is 75.3 cm³/mol. The van der Waals surface area contributed by atoms with Crippen LogP contribution in [0.1, 0.15) is 19.4 Å². The van der Waals surface area contributed by atoms with Crippen molar-refractivity contribution in [1.82, 2.24) is 5.32 Å². The zero-order chi connectivity index (χ0) is 13.3. The van der Waals surface area contributed by atoms with Crippen LogP contribution in [0.2, 0.25) is 0 Å². The summed E-state index contributed by atoms with van der Waals surface area (Å²) in [5.74, 6) is -0.821. The van der Waals surface area contributed by atoms with Crippen molar-refractivity contribution in [2.45, 2.75) is 25.3 Å². The van der Waals surface area contributed by atoms with Crippen molar-refractivity contribution in [3.63, 3.8) is 0 Å². The maximum Gasteiger partial charge on any atom is 0.321 e. The minimum absolute atomic E-state index is 0.458. The number of likely N-dealkylation sites (N-methyl/N-ethyl adjacent to an activating group) is 1. The van der Waals surface area contributed by atoms with Crippen LogP contribution in [0.25, 0.3) is 10.1 Å². The summed E-state index contributed by atoms with van der Waals surface area (Å²) >= 11 is 1.66. The van der Waals surface area contributed by atoms with Gasteiger partial charge in [-0.1, -0.05) is 32.0 Å². The van der Waals surface area contributed by atoms with Gasteiger partial charge in [-0.05, 0) is 29.4 Å². The molecule has 0 fully saturated rings. The van der Waals surface area contributed by atoms with Gasteiger partial charge < -0.3 is 10.4 Å². The van der Waals surface area contributed by atoms with Crippen LogP contribution in [0.15, 0.2) is 29.6 Å². The molecule has 0 aliphatic carbocycles. The van der Waals surface area contributed by atoms with Crippen molar-refractivity contribution in [3.8, 4) is 0 Å². The van der Waals surface area contributed by atoms with Crippen molar-refractivity contribution in [1.29, 1.82) is 0 Å². The highest BCUT2D eigenvalue weighted by Gasteiger charge is 2.37. The van der Waals surface area contributed by atoms with E-state index in [1.54, 1.807) is 18.4 Å². The van der Waals surface area contributed by atoms with Crippen LogP contribution in [0, 0.1) is 0 Å². The first kappa shape index (κ1) is 13.1. The van der Waals surface area contributed by atoms with Crippen LogP contribution >= 0.6 is 11.3 Å². The Hall–Kier alpha value is -1.39. The number of carboxylic acids is 1. The Balaban J connectivity index is 2.55. The van der Waals surface area contributed by atoms with Gasteiger partial charge in [-0.15, -0.1) is 11.3 Å². The van der Waals surface area contributed by atoms with Gasteiger partial charge in [0.15, 0.2) is 0 Å². The van der Waals surface area contributed by atoms with Crippen molar-refractivity contribution in [3.05, 3.63) is 35.2 Å². The van der Waals surface area contributed by atoms with Gasteiger partial charge in [0.1, 0.15) is 6.04 Å². The third-order valence-corrected chi connectivity index (χ3v) is 4.40. The molecule has 1 atom stereocenters. The van der Waals surface area contributed by atoms with Crippen LogP contribution in [0.5, 0.6) is 0 Å². The zero-order valence-electron chi connectivity index (χ0n) is 10.7. The summed E-state index contributed by atoms with van der Waals surface area (Å²) in [4.78, 5) is 11.3. The highest BCUT2D eigenvalue weighted by Crippen LogP contribution is 2.36. The summed E-state index contributed by atoms with van der Waals surface area (Å²) in [6, 6.07) is 7.51. The lowest BCUT2D eigenvalue weighted by atomic mass is 9.77. The molecule has 0 spiro atoms. The standard InChI is InChI=1S/C14H17NO2S/c1-14(2,12(15-3)13(16)17)10-8-18-11-7-5-4-6-9(10)11/h4-8,12,15H,1-3H3,(H,16,17). The van der Waals surface area contributed by atoms with E-state index in [-0.39, 0.29) is 0 Å². The van der Waals surface area contributed by atoms with Crippen molar-refractivity contribution in [2.75, 3.05) is 7.05 Å². The molecule has 1 unspecified atom stereocenters. The number of benzene rings is 1. The molecule has 0 saturated carbocycles. The van der Waals surface area contributed by atoms with Crippen LogP contribution in [-0.4, -0.2) is 24.2 Å². The van der Waals surface area contributed by atoms with Gasteiger partial charge in [-0.25, -0.2) is 0 Å². The molecule has 3 nitrogen and oxygen atoms in total. The second kappa shape index (κ2) is 4.71. The SMILES string of the molecule is CNC(C(=O)O)C(C)(C)c1csc2ccccc12. The number of nitrogens with one attached hydrogen (secondary N) is 1. The monoisotopic (exact) mass is 263 g/mol. The molecule has 0 aliphatic rings. The molecule has 18 heavy (non-hydrogen) atoms. The molecule has 2 N–H and O–H groups in total. The number of hydrogen-bond acceptors (Lipinski definition) is 3. The average Bonchev–Trinajstić information content (AvgIpc) is 2.72. The maximum atomic E-state index is 11.3. The van der Waals surface area contributed by atoms with Gasteiger partial charge in [0.05, 0.1) is 0 Å². The molecule has 4 heteroatoms. The molecule has 2 aromatic rings. The van der Waals surface area contributed by atoms with E-state index in [0.717, 1.165) is 10.9 Å². The summed E-state index contributed by atoms with van der Waals surface area (Å²) in [6.45, 7) is 3.94. The number of hydrogen-bond donors (Lipinski definition) is 2. The largest absolute Gasteiger partial charge is 0.480 e. The topological polar surface area (TPSA) is 49.3 Å². The van der Waals surface area contributed by atoms with E-state index in [0.29, 0.717) is 0 Å². The quantitative estimate of drug-likeness (QED) is 0.891. The van der Waals surface area contributed by atoms with Gasteiger partial charge in [0.2, 0.25) is 0 Å². The lowest BCUT2D eigenvalue weighted by Gasteiger charge is -2.31. The smallest absolute Gasteiger partial charge is 0.321 e. The van der Waals surface area contributed by atoms with Crippen LogP contribution in [-0.2, 0) is 10.2 Å². The fourth-order valence-corrected chi connectivity index (χ4v) is 3.56. The Kier molecular flexibility index (Phi) is 3.41. The van der Waals surface area contributed by atoms with Gasteiger partial charge >= 0.3 is 5.97 Å². The third kappa shape index (κ3) is 2.02. The fraction of sp³-hybridized carbons (Fsp3) is 0.357. The molecule has 1 heterocycles. The highest BCUT2D eigenvalue weighted by molar-refractivity contribution is 7.17. The third-order valence-electron chi connectivity index (χ3n) is 3.43. The summed E-state index contributed by atoms with van der Waals surface area (Å²) in [5, 5.41) is 15.4. The number of rotatable bonds is 4. The molecule has 0 bridgehead atoms. The van der Waals surface area contributed by atoms with Crippen LogP contribution < -0.4 is 5.32 Å². The summed E-state index contributed by atoms with van der Waals surface area (Å²) < 4.78 is 1.20. The van der Waals surface area contributed by atoms with E-state index in [4.69, 9.17) is 0 Å². The Morgan fingerprint density at radius 1 is 1.39 bits per heavy atom. The molecular formula is C14H17NO2S. The van der Waals surface area contributed by atoms with E-state index in [2.05, 4.69) is 22.8 Å². The van der Waals surface area contributed by atoms with Crippen LogP contribution in [0.3, 0.4) is 0 Å². The molecule has 1 aromatic heterocycles. The first-order chi connectivity index (χ1) is 8.48. The fourth-order valence-electron chi connectivity index (χ4n) is 2.43. The van der Waals surface area contributed by atoms with Crippen molar-refractivity contribution < 1.29 is 9.90 Å². The van der Waals surface area contributed by atoms with E-state index < -0.39 is 17.4 Å². The number of carbonyl (C=O) groups is 1. The predicted octanol–water partition coefficient (Wildman–Crippen LogP) is 2.85. The molecular weight excluding hydrogens is 246 g/mol. The minimum atomic E-state index is -0.821. The number of carboxylic acid groups (broad SMARTS) is 1. The Labute approximate surface area is 110 Å². The van der Waals surface area contributed by atoms with E-state index >= 15 is 0 Å². The Bertz CT molecular complexity index is 574. The summed E-state index contributed by atoms with van der Waals surface area (Å²) in [6.07, 6.45) is 0. The molecule has 0 radical (unpaired) electrons. The summed E-state index contributed by atoms with van der Waals surface area (Å²) in [5.41, 5.74) is 0.630. The molecule has 0 amide bonds. The molecule has 96 valence electrons. The molecule has 0 aliphatic heterocycles. The highest BCUT2D eigenvalue weighted by atomic mass is 32.1.